The fraction of sp³-hybridized carbons (Fsp3) is 0.500. The van der Waals surface area contributed by atoms with Gasteiger partial charge in [-0.3, -0.25) is 4.21 Å². The maximum atomic E-state index is 11.3. The van der Waals surface area contributed by atoms with Crippen molar-refractivity contribution < 1.29 is 4.21 Å². The number of halogens is 1. The van der Waals surface area contributed by atoms with Crippen molar-refractivity contribution in [3.63, 3.8) is 0 Å². The summed E-state index contributed by atoms with van der Waals surface area (Å²) in [6.07, 6.45) is 4.09. The zero-order chi connectivity index (χ0) is 14.0. The van der Waals surface area contributed by atoms with E-state index in [0.717, 1.165) is 10.5 Å². The van der Waals surface area contributed by atoms with Crippen LogP contribution in [-0.4, -0.2) is 34.4 Å². The van der Waals surface area contributed by atoms with Crippen LogP contribution in [0, 0.1) is 0 Å². The Balaban J connectivity index is 0.00000200. The number of nitrogens with two attached hydrogens (primary N) is 1. The number of rotatable bonds is 4. The quantitative estimate of drug-likeness (QED) is 0.474. The lowest BCUT2D eigenvalue weighted by molar-refractivity contribution is 0.484. The summed E-state index contributed by atoms with van der Waals surface area (Å²) in [7, 11) is 1.06. The van der Waals surface area contributed by atoms with E-state index in [4.69, 9.17) is 5.73 Å². The van der Waals surface area contributed by atoms with Crippen molar-refractivity contribution in [2.75, 3.05) is 13.3 Å². The Kier molecular flexibility index (Phi) is 6.44. The molecule has 1 aromatic carbocycles. The molecule has 0 saturated heterocycles. The predicted molar refractivity (Wildman–Crippen MR) is 95.0 cm³/mol. The smallest absolute Gasteiger partial charge is 0.191 e. The van der Waals surface area contributed by atoms with Crippen LogP contribution < -0.4 is 5.73 Å². The summed E-state index contributed by atoms with van der Waals surface area (Å²) in [6.45, 7) is 2.02. The molecule has 0 bridgehead atoms. The Morgan fingerprint density at radius 2 is 1.95 bits per heavy atom. The summed E-state index contributed by atoms with van der Waals surface area (Å²) in [5, 5.41) is 0. The minimum atomic E-state index is -0.935. The van der Waals surface area contributed by atoms with Gasteiger partial charge >= 0.3 is 0 Å². The Morgan fingerprint density at radius 3 is 2.40 bits per heavy atom. The second-order valence-corrected chi connectivity index (χ2v) is 6.41. The van der Waals surface area contributed by atoms with E-state index in [9.17, 15) is 4.21 Å². The molecule has 0 aliphatic heterocycles. The summed E-state index contributed by atoms with van der Waals surface area (Å²) in [6, 6.07) is 8.29. The highest BCUT2D eigenvalue weighted by molar-refractivity contribution is 14.0. The third-order valence-electron chi connectivity index (χ3n) is 3.48. The average Bonchev–Trinajstić information content (AvgIpc) is 3.22. The van der Waals surface area contributed by atoms with Gasteiger partial charge in [0.1, 0.15) is 0 Å². The normalized spacial score (nSPS) is 18.1. The van der Waals surface area contributed by atoms with Crippen LogP contribution in [0.1, 0.15) is 31.4 Å². The molecule has 0 radical (unpaired) electrons. The van der Waals surface area contributed by atoms with Gasteiger partial charge in [-0.15, -0.1) is 24.0 Å². The molecule has 2 N–H and O–H groups in total. The van der Waals surface area contributed by atoms with E-state index in [2.05, 4.69) is 4.99 Å². The first-order valence-electron chi connectivity index (χ1n) is 6.48. The van der Waals surface area contributed by atoms with Crippen molar-refractivity contribution in [2.24, 2.45) is 10.7 Å². The van der Waals surface area contributed by atoms with Crippen LogP contribution in [0.25, 0.3) is 0 Å². The van der Waals surface area contributed by atoms with Gasteiger partial charge in [-0.2, -0.15) is 0 Å². The molecule has 1 aliphatic rings. The van der Waals surface area contributed by atoms with Crippen molar-refractivity contribution in [2.45, 2.75) is 36.7 Å². The molecule has 1 fully saturated rings. The zero-order valence-electron chi connectivity index (χ0n) is 12.1. The monoisotopic (exact) mass is 407 g/mol. The molecule has 1 aromatic rings. The highest BCUT2D eigenvalue weighted by Crippen LogP contribution is 2.26. The van der Waals surface area contributed by atoms with Crippen LogP contribution in [-0.2, 0) is 10.8 Å². The maximum Gasteiger partial charge on any atom is 0.191 e. The Morgan fingerprint density at radius 1 is 1.40 bits per heavy atom. The predicted octanol–water partition coefficient (Wildman–Crippen LogP) is 2.51. The molecule has 0 heterocycles. The first kappa shape index (κ1) is 17.4. The first-order chi connectivity index (χ1) is 8.99. The molecule has 6 heteroatoms. The number of hydrogen-bond acceptors (Lipinski definition) is 2. The van der Waals surface area contributed by atoms with Crippen LogP contribution in [0.5, 0.6) is 0 Å². The third-order valence-corrected chi connectivity index (χ3v) is 4.41. The topological polar surface area (TPSA) is 58.7 Å². The molecular formula is C14H22IN3OS. The van der Waals surface area contributed by atoms with Crippen molar-refractivity contribution in [1.82, 2.24) is 4.90 Å². The Hall–Kier alpha value is -0.630. The van der Waals surface area contributed by atoms with E-state index in [1.807, 2.05) is 43.1 Å². The molecule has 1 saturated carbocycles. The molecule has 2 atom stereocenters. The van der Waals surface area contributed by atoms with Gasteiger partial charge < -0.3 is 10.6 Å². The van der Waals surface area contributed by atoms with Gasteiger partial charge in [0.05, 0.1) is 6.04 Å². The molecule has 0 amide bonds. The minimum Gasteiger partial charge on any atom is -0.370 e. The molecule has 2 unspecified atom stereocenters. The highest BCUT2D eigenvalue weighted by Gasteiger charge is 2.27. The number of hydrogen-bond donors (Lipinski definition) is 1. The fourth-order valence-electron chi connectivity index (χ4n) is 1.95. The summed E-state index contributed by atoms with van der Waals surface area (Å²) >= 11 is 0. The van der Waals surface area contributed by atoms with Crippen LogP contribution in [0.3, 0.4) is 0 Å². The maximum absolute atomic E-state index is 11.3. The van der Waals surface area contributed by atoms with Gasteiger partial charge in [-0.05, 0) is 37.5 Å². The Bertz CT molecular complexity index is 500. The largest absolute Gasteiger partial charge is 0.370 e. The third kappa shape index (κ3) is 4.44. The van der Waals surface area contributed by atoms with Crippen LogP contribution in [0.15, 0.2) is 34.2 Å². The van der Waals surface area contributed by atoms with Crippen molar-refractivity contribution >= 4 is 40.7 Å². The van der Waals surface area contributed by atoms with Gasteiger partial charge in [0.25, 0.3) is 0 Å². The van der Waals surface area contributed by atoms with Crippen LogP contribution in [0.4, 0.5) is 0 Å². The summed E-state index contributed by atoms with van der Waals surface area (Å²) < 4.78 is 11.3. The van der Waals surface area contributed by atoms with E-state index in [-0.39, 0.29) is 30.0 Å². The lowest BCUT2D eigenvalue weighted by atomic mass is 10.1. The molecule has 112 valence electrons. The van der Waals surface area contributed by atoms with E-state index >= 15 is 0 Å². The number of nitrogens with zero attached hydrogens (tertiary/aromatic N) is 2. The van der Waals surface area contributed by atoms with Gasteiger partial charge in [0, 0.05) is 35.0 Å². The summed E-state index contributed by atoms with van der Waals surface area (Å²) in [4.78, 5) is 7.41. The molecule has 20 heavy (non-hydrogen) atoms. The molecule has 1 aliphatic carbocycles. The van der Waals surface area contributed by atoms with Crippen molar-refractivity contribution in [3.8, 4) is 0 Å². The van der Waals surface area contributed by atoms with E-state index < -0.39 is 10.8 Å². The van der Waals surface area contributed by atoms with E-state index in [1.54, 1.807) is 6.26 Å². The fourth-order valence-corrected chi connectivity index (χ4v) is 2.47. The molecule has 4 nitrogen and oxygen atoms in total. The van der Waals surface area contributed by atoms with Gasteiger partial charge in [-0.25, -0.2) is 4.99 Å². The Labute approximate surface area is 140 Å². The standard InChI is InChI=1S/C14H21N3OS.HI/c1-10(16-14(15)17(2)12-6-7-12)11-4-8-13(9-5-11)19(3)18;/h4-5,8-10,12H,6-7H2,1-3H3,(H2,15,16);1H. The summed E-state index contributed by atoms with van der Waals surface area (Å²) in [5.41, 5.74) is 7.09. The average molecular weight is 407 g/mol. The highest BCUT2D eigenvalue weighted by atomic mass is 127. The van der Waals surface area contributed by atoms with Crippen LogP contribution >= 0.6 is 24.0 Å². The first-order valence-corrected chi connectivity index (χ1v) is 8.04. The van der Waals surface area contributed by atoms with Gasteiger partial charge in [-0.1, -0.05) is 12.1 Å². The molecular weight excluding hydrogens is 385 g/mol. The van der Waals surface area contributed by atoms with Gasteiger partial charge in [0.15, 0.2) is 5.96 Å². The number of guanidine groups is 1. The van der Waals surface area contributed by atoms with Crippen LogP contribution in [0.2, 0.25) is 0 Å². The zero-order valence-corrected chi connectivity index (χ0v) is 15.2. The number of aliphatic imine (C=N–C) groups is 1. The van der Waals surface area contributed by atoms with E-state index in [0.29, 0.717) is 12.0 Å². The lowest BCUT2D eigenvalue weighted by Gasteiger charge is -2.19. The molecule has 0 aromatic heterocycles. The SMILES string of the molecule is CC(N=C(N)N(C)C1CC1)c1ccc(S(C)=O)cc1.I. The summed E-state index contributed by atoms with van der Waals surface area (Å²) in [5.74, 6) is 0.596. The molecule has 2 rings (SSSR count). The van der Waals surface area contributed by atoms with Gasteiger partial charge in [0.2, 0.25) is 0 Å². The lowest BCUT2D eigenvalue weighted by Crippen LogP contribution is -2.35. The minimum absolute atomic E-state index is 0. The van der Waals surface area contributed by atoms with Crippen molar-refractivity contribution in [1.29, 1.82) is 0 Å². The number of benzene rings is 1. The molecule has 0 spiro atoms. The van der Waals surface area contributed by atoms with Crippen molar-refractivity contribution in [3.05, 3.63) is 29.8 Å². The second kappa shape index (κ2) is 7.40. The second-order valence-electron chi connectivity index (χ2n) is 5.03. The van der Waals surface area contributed by atoms with E-state index in [1.165, 1.54) is 12.8 Å².